The number of ether oxygens (including phenoxy) is 5. The van der Waals surface area contributed by atoms with Crippen LogP contribution in [0.15, 0.2) is 42.5 Å². The third-order valence-electron chi connectivity index (χ3n) is 5.65. The van der Waals surface area contributed by atoms with Crippen molar-refractivity contribution in [3.8, 4) is 11.5 Å². The standard InChI is InChI=1S/C22H19F3N2O7/c23-22(24,25)12-2-1-3-13(7-12)26-21(29)34-17-9-31-18-14(8-30-19(17)18)27-20(28)11-4-5-15-16(6-11)33-10-32-15/h1-7,14,17-19H,8-10H2,(H,26,29)(H,27,28)/t14-,17+,18+,19+/m0/s1. The lowest BCUT2D eigenvalue weighted by Gasteiger charge is -2.18. The number of anilines is 1. The summed E-state index contributed by atoms with van der Waals surface area (Å²) in [5.41, 5.74) is -0.579. The summed E-state index contributed by atoms with van der Waals surface area (Å²) in [6.45, 7) is 0.250. The molecule has 5 rings (SSSR count). The van der Waals surface area contributed by atoms with E-state index in [2.05, 4.69) is 10.6 Å². The monoisotopic (exact) mass is 480 g/mol. The van der Waals surface area contributed by atoms with Crippen molar-refractivity contribution < 1.29 is 46.4 Å². The minimum Gasteiger partial charge on any atom is -0.454 e. The van der Waals surface area contributed by atoms with E-state index in [9.17, 15) is 22.8 Å². The largest absolute Gasteiger partial charge is 0.454 e. The SMILES string of the molecule is O=C(Nc1cccc(C(F)(F)F)c1)O[C@@H]1CO[C@H]2[C@@H]1OC[C@@H]2NC(=O)c1ccc2c(c1)OCO2. The van der Waals surface area contributed by atoms with Crippen LogP contribution in [0.1, 0.15) is 15.9 Å². The Morgan fingerprint density at radius 1 is 0.971 bits per heavy atom. The fourth-order valence-electron chi connectivity index (χ4n) is 4.04. The van der Waals surface area contributed by atoms with Gasteiger partial charge in [-0.3, -0.25) is 10.1 Å². The summed E-state index contributed by atoms with van der Waals surface area (Å²) in [6.07, 6.45) is -7.45. The molecule has 3 heterocycles. The Labute approximate surface area is 191 Å². The molecule has 2 fully saturated rings. The molecule has 0 saturated carbocycles. The van der Waals surface area contributed by atoms with Crippen molar-refractivity contribution in [1.29, 1.82) is 0 Å². The molecule has 12 heteroatoms. The van der Waals surface area contributed by atoms with E-state index in [1.165, 1.54) is 12.1 Å². The molecular formula is C22H19F3N2O7. The lowest BCUT2D eigenvalue weighted by molar-refractivity contribution is -0.137. The zero-order chi connectivity index (χ0) is 23.9. The number of rotatable bonds is 4. The quantitative estimate of drug-likeness (QED) is 0.694. The molecule has 2 aromatic carbocycles. The highest BCUT2D eigenvalue weighted by molar-refractivity contribution is 5.95. The second kappa shape index (κ2) is 8.69. The van der Waals surface area contributed by atoms with Crippen molar-refractivity contribution in [3.05, 3.63) is 53.6 Å². The van der Waals surface area contributed by atoms with Crippen LogP contribution in [0, 0.1) is 0 Å². The van der Waals surface area contributed by atoms with Crippen LogP contribution in [0.3, 0.4) is 0 Å². The molecule has 2 saturated heterocycles. The van der Waals surface area contributed by atoms with Gasteiger partial charge in [-0.2, -0.15) is 13.2 Å². The Balaban J connectivity index is 1.16. The third kappa shape index (κ3) is 4.46. The highest BCUT2D eigenvalue weighted by Gasteiger charge is 2.50. The molecular weight excluding hydrogens is 461 g/mol. The highest BCUT2D eigenvalue weighted by Crippen LogP contribution is 2.34. The van der Waals surface area contributed by atoms with Gasteiger partial charge in [0.25, 0.3) is 5.91 Å². The van der Waals surface area contributed by atoms with Crippen LogP contribution in [0.4, 0.5) is 23.7 Å². The first-order chi connectivity index (χ1) is 16.3. The summed E-state index contributed by atoms with van der Waals surface area (Å²) in [4.78, 5) is 24.9. The summed E-state index contributed by atoms with van der Waals surface area (Å²) < 4.78 is 65.8. The molecule has 0 aliphatic carbocycles. The predicted molar refractivity (Wildman–Crippen MR) is 109 cm³/mol. The average Bonchev–Trinajstić information content (AvgIpc) is 3.51. The molecule has 9 nitrogen and oxygen atoms in total. The van der Waals surface area contributed by atoms with Crippen molar-refractivity contribution >= 4 is 17.7 Å². The fraction of sp³-hybridized carbons (Fsp3) is 0.364. The van der Waals surface area contributed by atoms with Gasteiger partial charge in [0, 0.05) is 11.3 Å². The molecule has 0 spiro atoms. The number of carbonyl (C=O) groups is 2. The van der Waals surface area contributed by atoms with Crippen LogP contribution in [0.5, 0.6) is 11.5 Å². The number of benzene rings is 2. The number of carbonyl (C=O) groups excluding carboxylic acids is 2. The Morgan fingerprint density at radius 2 is 1.76 bits per heavy atom. The number of amides is 2. The van der Waals surface area contributed by atoms with E-state index in [-0.39, 0.29) is 31.6 Å². The van der Waals surface area contributed by atoms with Crippen LogP contribution >= 0.6 is 0 Å². The molecule has 3 aliphatic heterocycles. The van der Waals surface area contributed by atoms with Gasteiger partial charge in [-0.25, -0.2) is 4.79 Å². The summed E-state index contributed by atoms with van der Waals surface area (Å²) >= 11 is 0. The van der Waals surface area contributed by atoms with Crippen LogP contribution in [0.2, 0.25) is 0 Å². The number of nitrogens with one attached hydrogen (secondary N) is 2. The van der Waals surface area contributed by atoms with Gasteiger partial charge in [-0.1, -0.05) is 6.07 Å². The van der Waals surface area contributed by atoms with Gasteiger partial charge in [0.1, 0.15) is 12.2 Å². The van der Waals surface area contributed by atoms with E-state index in [4.69, 9.17) is 23.7 Å². The maximum absolute atomic E-state index is 12.9. The van der Waals surface area contributed by atoms with E-state index in [1.54, 1.807) is 18.2 Å². The minimum atomic E-state index is -4.54. The Kier molecular flexibility index (Phi) is 5.70. The van der Waals surface area contributed by atoms with Crippen molar-refractivity contribution in [2.45, 2.75) is 30.5 Å². The zero-order valence-electron chi connectivity index (χ0n) is 17.5. The Bertz CT molecular complexity index is 1110. The predicted octanol–water partition coefficient (Wildman–Crippen LogP) is 2.95. The molecule has 0 unspecified atom stereocenters. The van der Waals surface area contributed by atoms with Crippen molar-refractivity contribution in [3.63, 3.8) is 0 Å². The van der Waals surface area contributed by atoms with Gasteiger partial charge in [0.2, 0.25) is 6.79 Å². The van der Waals surface area contributed by atoms with Gasteiger partial charge in [0.15, 0.2) is 17.6 Å². The van der Waals surface area contributed by atoms with Gasteiger partial charge >= 0.3 is 12.3 Å². The first kappa shape index (κ1) is 22.3. The summed E-state index contributed by atoms with van der Waals surface area (Å²) in [6, 6.07) is 8.55. The second-order valence-electron chi connectivity index (χ2n) is 7.89. The van der Waals surface area contributed by atoms with Gasteiger partial charge in [-0.05, 0) is 36.4 Å². The topological polar surface area (TPSA) is 104 Å². The number of fused-ring (bicyclic) bond motifs is 2. The molecule has 2 N–H and O–H groups in total. The van der Waals surface area contributed by atoms with E-state index in [0.717, 1.165) is 12.1 Å². The molecule has 0 radical (unpaired) electrons. The van der Waals surface area contributed by atoms with Crippen molar-refractivity contribution in [1.82, 2.24) is 5.32 Å². The molecule has 2 aromatic rings. The van der Waals surface area contributed by atoms with Crippen molar-refractivity contribution in [2.75, 3.05) is 25.3 Å². The van der Waals surface area contributed by atoms with E-state index in [0.29, 0.717) is 17.1 Å². The Morgan fingerprint density at radius 3 is 2.59 bits per heavy atom. The molecule has 2 amide bonds. The van der Waals surface area contributed by atoms with E-state index in [1.807, 2.05) is 0 Å². The van der Waals surface area contributed by atoms with Gasteiger partial charge in [-0.15, -0.1) is 0 Å². The second-order valence-corrected chi connectivity index (χ2v) is 7.89. The molecule has 3 aliphatic rings. The molecule has 0 aromatic heterocycles. The number of alkyl halides is 3. The number of halogens is 3. The minimum absolute atomic E-state index is 0.0156. The molecule has 0 bridgehead atoms. The summed E-state index contributed by atoms with van der Waals surface area (Å²) in [7, 11) is 0. The first-order valence-corrected chi connectivity index (χ1v) is 10.4. The van der Waals surface area contributed by atoms with Crippen LogP contribution in [0.25, 0.3) is 0 Å². The lowest BCUT2D eigenvalue weighted by atomic mass is 10.1. The summed E-state index contributed by atoms with van der Waals surface area (Å²) in [5, 5.41) is 5.13. The van der Waals surface area contributed by atoms with Gasteiger partial charge < -0.3 is 29.0 Å². The maximum atomic E-state index is 12.9. The summed E-state index contributed by atoms with van der Waals surface area (Å²) in [5.74, 6) is 0.678. The van der Waals surface area contributed by atoms with Gasteiger partial charge in [0.05, 0.1) is 24.8 Å². The van der Waals surface area contributed by atoms with Crippen LogP contribution in [-0.2, 0) is 20.4 Å². The smallest absolute Gasteiger partial charge is 0.416 e. The zero-order valence-corrected chi connectivity index (χ0v) is 17.5. The Hall–Kier alpha value is -3.51. The van der Waals surface area contributed by atoms with E-state index >= 15 is 0 Å². The highest BCUT2D eigenvalue weighted by atomic mass is 19.4. The molecule has 180 valence electrons. The lowest BCUT2D eigenvalue weighted by Crippen LogP contribution is -2.44. The first-order valence-electron chi connectivity index (χ1n) is 10.4. The normalized spacial score (nSPS) is 25.0. The fourth-order valence-corrected chi connectivity index (χ4v) is 4.04. The third-order valence-corrected chi connectivity index (χ3v) is 5.65. The maximum Gasteiger partial charge on any atom is 0.416 e. The van der Waals surface area contributed by atoms with Crippen LogP contribution < -0.4 is 20.1 Å². The number of hydrogen-bond acceptors (Lipinski definition) is 7. The number of hydrogen-bond donors (Lipinski definition) is 2. The average molecular weight is 480 g/mol. The molecule has 34 heavy (non-hydrogen) atoms. The van der Waals surface area contributed by atoms with Crippen molar-refractivity contribution in [2.24, 2.45) is 0 Å². The van der Waals surface area contributed by atoms with Crippen LogP contribution in [-0.4, -0.2) is 56.4 Å². The van der Waals surface area contributed by atoms with E-state index < -0.39 is 42.2 Å². The molecule has 4 atom stereocenters.